The summed E-state index contributed by atoms with van der Waals surface area (Å²) < 4.78 is 0. The van der Waals surface area contributed by atoms with E-state index in [1.54, 1.807) is 17.3 Å². The van der Waals surface area contributed by atoms with Gasteiger partial charge in [0.05, 0.1) is 12.4 Å². The largest absolute Gasteiger partial charge is 0.356 e. The predicted molar refractivity (Wildman–Crippen MR) is 94.1 cm³/mol. The van der Waals surface area contributed by atoms with E-state index in [9.17, 15) is 4.79 Å². The molecule has 5 heteroatoms. The number of hydrogen-bond acceptors (Lipinski definition) is 4. The van der Waals surface area contributed by atoms with Crippen LogP contribution >= 0.6 is 0 Å². The van der Waals surface area contributed by atoms with E-state index >= 15 is 0 Å². The Balaban J connectivity index is 2.24. The van der Waals surface area contributed by atoms with Crippen LogP contribution in [0.25, 0.3) is 0 Å². The molecule has 0 aliphatic rings. The van der Waals surface area contributed by atoms with Gasteiger partial charge < -0.3 is 9.80 Å². The van der Waals surface area contributed by atoms with Crippen molar-refractivity contribution in [3.05, 3.63) is 47.9 Å². The molecule has 0 saturated heterocycles. The van der Waals surface area contributed by atoms with Crippen molar-refractivity contribution in [2.45, 2.75) is 27.7 Å². The van der Waals surface area contributed by atoms with Crippen molar-refractivity contribution >= 4 is 17.4 Å². The number of hydrogen-bond donors (Lipinski definition) is 0. The Hall–Kier alpha value is -2.43. The average molecular weight is 312 g/mol. The standard InChI is InChI=1S/C18H24N4O/c1-5-21(6-2)17-13-19-16(12-20-17)18(23)22(7-3)15-10-8-9-14(4)11-15/h8-13H,5-7H2,1-4H3. The molecule has 0 saturated carbocycles. The van der Waals surface area contributed by atoms with Crippen LogP contribution in [0.4, 0.5) is 11.5 Å². The highest BCUT2D eigenvalue weighted by Gasteiger charge is 2.18. The first-order valence-electron chi connectivity index (χ1n) is 8.06. The smallest absolute Gasteiger partial charge is 0.278 e. The lowest BCUT2D eigenvalue weighted by atomic mass is 10.2. The zero-order valence-electron chi connectivity index (χ0n) is 14.3. The minimum absolute atomic E-state index is 0.128. The van der Waals surface area contributed by atoms with Gasteiger partial charge in [-0.1, -0.05) is 12.1 Å². The summed E-state index contributed by atoms with van der Waals surface area (Å²) in [4.78, 5) is 25.2. The number of rotatable bonds is 6. The van der Waals surface area contributed by atoms with Crippen molar-refractivity contribution in [3.63, 3.8) is 0 Å². The van der Waals surface area contributed by atoms with Gasteiger partial charge in [-0.2, -0.15) is 0 Å². The minimum atomic E-state index is -0.128. The van der Waals surface area contributed by atoms with Crippen LogP contribution in [-0.2, 0) is 0 Å². The van der Waals surface area contributed by atoms with Gasteiger partial charge in [-0.15, -0.1) is 0 Å². The van der Waals surface area contributed by atoms with Crippen LogP contribution in [0.2, 0.25) is 0 Å². The van der Waals surface area contributed by atoms with Gasteiger partial charge in [0.15, 0.2) is 0 Å². The molecule has 23 heavy (non-hydrogen) atoms. The van der Waals surface area contributed by atoms with Crippen molar-refractivity contribution in [3.8, 4) is 0 Å². The van der Waals surface area contributed by atoms with Gasteiger partial charge in [0.2, 0.25) is 0 Å². The number of carbonyl (C=O) groups excluding carboxylic acids is 1. The molecular weight excluding hydrogens is 288 g/mol. The molecule has 0 unspecified atom stereocenters. The summed E-state index contributed by atoms with van der Waals surface area (Å²) in [6, 6.07) is 7.90. The Bertz CT molecular complexity index is 650. The number of aromatic nitrogens is 2. The summed E-state index contributed by atoms with van der Waals surface area (Å²) >= 11 is 0. The molecule has 0 spiro atoms. The van der Waals surface area contributed by atoms with Crippen molar-refractivity contribution in [1.29, 1.82) is 0 Å². The number of anilines is 2. The Morgan fingerprint density at radius 2 is 1.78 bits per heavy atom. The van der Waals surface area contributed by atoms with Crippen LogP contribution in [0.1, 0.15) is 36.8 Å². The molecule has 0 bridgehead atoms. The normalized spacial score (nSPS) is 10.4. The van der Waals surface area contributed by atoms with E-state index in [0.717, 1.165) is 30.2 Å². The summed E-state index contributed by atoms with van der Waals surface area (Å²) in [5.41, 5.74) is 2.37. The monoisotopic (exact) mass is 312 g/mol. The van der Waals surface area contributed by atoms with Crippen LogP contribution < -0.4 is 9.80 Å². The van der Waals surface area contributed by atoms with Crippen LogP contribution in [-0.4, -0.2) is 35.5 Å². The summed E-state index contributed by atoms with van der Waals surface area (Å²) in [5, 5.41) is 0. The van der Waals surface area contributed by atoms with Gasteiger partial charge in [-0.05, 0) is 45.4 Å². The van der Waals surface area contributed by atoms with Gasteiger partial charge in [0.1, 0.15) is 11.5 Å². The van der Waals surface area contributed by atoms with Crippen LogP contribution in [0.3, 0.4) is 0 Å². The van der Waals surface area contributed by atoms with Crippen molar-refractivity contribution < 1.29 is 4.79 Å². The third kappa shape index (κ3) is 3.86. The molecule has 5 nitrogen and oxygen atoms in total. The average Bonchev–Trinajstić information content (AvgIpc) is 2.57. The Labute approximate surface area is 138 Å². The van der Waals surface area contributed by atoms with E-state index in [-0.39, 0.29) is 5.91 Å². The van der Waals surface area contributed by atoms with Crippen LogP contribution in [0.5, 0.6) is 0 Å². The lowest BCUT2D eigenvalue weighted by molar-refractivity contribution is 0.0983. The summed E-state index contributed by atoms with van der Waals surface area (Å²) in [5.74, 6) is 0.668. The van der Waals surface area contributed by atoms with E-state index in [0.29, 0.717) is 12.2 Å². The fourth-order valence-electron chi connectivity index (χ4n) is 2.52. The van der Waals surface area contributed by atoms with Crippen molar-refractivity contribution in [1.82, 2.24) is 9.97 Å². The SMILES string of the molecule is CCN(CC)c1cnc(C(=O)N(CC)c2cccc(C)c2)cn1. The highest BCUT2D eigenvalue weighted by atomic mass is 16.2. The molecule has 0 atom stereocenters. The molecule has 122 valence electrons. The quantitative estimate of drug-likeness (QED) is 0.821. The van der Waals surface area contributed by atoms with E-state index in [1.165, 1.54) is 0 Å². The molecule has 2 rings (SSSR count). The molecule has 1 amide bonds. The van der Waals surface area contributed by atoms with E-state index in [1.807, 2.05) is 38.1 Å². The van der Waals surface area contributed by atoms with Crippen molar-refractivity contribution in [2.24, 2.45) is 0 Å². The Kier molecular flexibility index (Phi) is 5.68. The maximum Gasteiger partial charge on any atom is 0.278 e. The zero-order valence-corrected chi connectivity index (χ0v) is 14.3. The van der Waals surface area contributed by atoms with Gasteiger partial charge in [0, 0.05) is 25.3 Å². The number of amides is 1. The maximum atomic E-state index is 12.7. The lowest BCUT2D eigenvalue weighted by Crippen LogP contribution is -2.31. The molecule has 2 aromatic rings. The molecule has 0 aliphatic heterocycles. The molecule has 1 aromatic carbocycles. The third-order valence-corrected chi connectivity index (χ3v) is 3.82. The number of carbonyl (C=O) groups is 1. The molecule has 0 aliphatic carbocycles. The highest BCUT2D eigenvalue weighted by molar-refractivity contribution is 6.04. The molecular formula is C18H24N4O. The van der Waals surface area contributed by atoms with Gasteiger partial charge in [0.25, 0.3) is 5.91 Å². The molecule has 0 fully saturated rings. The first kappa shape index (κ1) is 16.9. The molecule has 1 aromatic heterocycles. The minimum Gasteiger partial charge on any atom is -0.356 e. The van der Waals surface area contributed by atoms with Crippen molar-refractivity contribution in [2.75, 3.05) is 29.4 Å². The van der Waals surface area contributed by atoms with E-state index < -0.39 is 0 Å². The summed E-state index contributed by atoms with van der Waals surface area (Å²) in [7, 11) is 0. The first-order valence-corrected chi connectivity index (χ1v) is 8.06. The fraction of sp³-hybridized carbons (Fsp3) is 0.389. The lowest BCUT2D eigenvalue weighted by Gasteiger charge is -2.22. The number of benzene rings is 1. The van der Waals surface area contributed by atoms with Gasteiger partial charge in [-0.3, -0.25) is 4.79 Å². The number of nitrogens with zero attached hydrogens (tertiary/aromatic N) is 4. The van der Waals surface area contributed by atoms with Crippen LogP contribution in [0.15, 0.2) is 36.7 Å². The Morgan fingerprint density at radius 1 is 1.04 bits per heavy atom. The highest BCUT2D eigenvalue weighted by Crippen LogP contribution is 2.18. The van der Waals surface area contributed by atoms with Gasteiger partial charge >= 0.3 is 0 Å². The molecule has 0 N–H and O–H groups in total. The van der Waals surface area contributed by atoms with E-state index in [2.05, 4.69) is 28.7 Å². The second kappa shape index (κ2) is 7.72. The van der Waals surface area contributed by atoms with Crippen LogP contribution in [0, 0.1) is 6.92 Å². The second-order valence-corrected chi connectivity index (χ2v) is 5.32. The third-order valence-electron chi connectivity index (χ3n) is 3.82. The predicted octanol–water partition coefficient (Wildman–Crippen LogP) is 3.30. The zero-order chi connectivity index (χ0) is 16.8. The Morgan fingerprint density at radius 3 is 2.30 bits per heavy atom. The first-order chi connectivity index (χ1) is 11.1. The second-order valence-electron chi connectivity index (χ2n) is 5.32. The topological polar surface area (TPSA) is 49.3 Å². The van der Waals surface area contributed by atoms with E-state index in [4.69, 9.17) is 0 Å². The molecule has 0 radical (unpaired) electrons. The summed E-state index contributed by atoms with van der Waals surface area (Å²) in [6.07, 6.45) is 3.23. The summed E-state index contributed by atoms with van der Waals surface area (Å²) in [6.45, 7) is 10.4. The van der Waals surface area contributed by atoms with Gasteiger partial charge in [-0.25, -0.2) is 9.97 Å². The molecule has 1 heterocycles. The number of aryl methyl sites for hydroxylation is 1. The maximum absolute atomic E-state index is 12.7. The fourth-order valence-corrected chi connectivity index (χ4v) is 2.52.